The van der Waals surface area contributed by atoms with Gasteiger partial charge in [-0.1, -0.05) is 13.8 Å². The Morgan fingerprint density at radius 2 is 2.17 bits per heavy atom. The first kappa shape index (κ1) is 13.3. The summed E-state index contributed by atoms with van der Waals surface area (Å²) in [6.07, 6.45) is 5.82. The Balaban J connectivity index is 2.43. The van der Waals surface area contributed by atoms with Gasteiger partial charge in [-0.15, -0.1) is 11.3 Å². The zero-order valence-electron chi connectivity index (χ0n) is 11.3. The molecule has 2 heterocycles. The number of thiophene rings is 1. The Morgan fingerprint density at radius 1 is 1.39 bits per heavy atom. The van der Waals surface area contributed by atoms with Gasteiger partial charge in [0.05, 0.1) is 6.04 Å². The van der Waals surface area contributed by atoms with Gasteiger partial charge in [-0.2, -0.15) is 0 Å². The molecule has 0 bridgehead atoms. The van der Waals surface area contributed by atoms with Gasteiger partial charge in [0.2, 0.25) is 0 Å². The van der Waals surface area contributed by atoms with Crippen molar-refractivity contribution in [3.05, 3.63) is 40.1 Å². The van der Waals surface area contributed by atoms with Gasteiger partial charge in [0.15, 0.2) is 0 Å². The number of aryl methyl sites for hydroxylation is 2. The zero-order valence-corrected chi connectivity index (χ0v) is 12.1. The fourth-order valence-electron chi connectivity index (χ4n) is 2.26. The molecular weight excluding hydrogens is 242 g/mol. The van der Waals surface area contributed by atoms with Gasteiger partial charge in [-0.25, -0.2) is 4.98 Å². The maximum Gasteiger partial charge on any atom is 0.108 e. The Morgan fingerprint density at radius 3 is 2.72 bits per heavy atom. The van der Waals surface area contributed by atoms with Crippen LogP contribution in [0.2, 0.25) is 0 Å². The molecule has 98 valence electrons. The van der Waals surface area contributed by atoms with Crippen LogP contribution in [-0.4, -0.2) is 15.6 Å². The summed E-state index contributed by atoms with van der Waals surface area (Å²) < 4.78 is 2.24. The summed E-state index contributed by atoms with van der Waals surface area (Å²) in [5.74, 6) is 1.11. The van der Waals surface area contributed by atoms with Crippen molar-refractivity contribution in [1.82, 2.24) is 9.55 Å². The van der Waals surface area contributed by atoms with Crippen molar-refractivity contribution in [2.24, 2.45) is 5.73 Å². The van der Waals surface area contributed by atoms with Crippen LogP contribution in [0.1, 0.15) is 41.9 Å². The summed E-state index contributed by atoms with van der Waals surface area (Å²) in [5.41, 5.74) is 6.33. The first-order valence-corrected chi connectivity index (χ1v) is 7.32. The van der Waals surface area contributed by atoms with E-state index in [0.29, 0.717) is 0 Å². The third-order valence-corrected chi connectivity index (χ3v) is 4.37. The van der Waals surface area contributed by atoms with Crippen LogP contribution in [0, 0.1) is 6.92 Å². The van der Waals surface area contributed by atoms with Gasteiger partial charge in [0.1, 0.15) is 5.82 Å². The molecule has 0 fully saturated rings. The van der Waals surface area contributed by atoms with E-state index in [1.807, 2.05) is 23.7 Å². The molecular formula is C14H21N3S. The Kier molecular flexibility index (Phi) is 4.19. The molecule has 2 aromatic rings. The number of imidazole rings is 1. The number of aromatic nitrogens is 2. The van der Waals surface area contributed by atoms with Crippen molar-refractivity contribution in [3.63, 3.8) is 0 Å². The third-order valence-electron chi connectivity index (χ3n) is 3.29. The first-order valence-electron chi connectivity index (χ1n) is 6.51. The summed E-state index contributed by atoms with van der Waals surface area (Å²) in [6, 6.07) is 4.70. The van der Waals surface area contributed by atoms with E-state index >= 15 is 0 Å². The van der Waals surface area contributed by atoms with E-state index in [4.69, 9.17) is 5.73 Å². The molecule has 2 atom stereocenters. The standard InChI is InChI=1S/C14H21N3S/c1-4-11(15)14(12-7-6-10(3)18-12)17-9-8-16-13(17)5-2/h6-9,11,14H,4-5,15H2,1-3H3. The number of hydrogen-bond acceptors (Lipinski definition) is 3. The van der Waals surface area contributed by atoms with Crippen LogP contribution in [-0.2, 0) is 6.42 Å². The highest BCUT2D eigenvalue weighted by molar-refractivity contribution is 7.12. The lowest BCUT2D eigenvalue weighted by Crippen LogP contribution is -2.32. The molecule has 3 nitrogen and oxygen atoms in total. The highest BCUT2D eigenvalue weighted by Crippen LogP contribution is 2.30. The molecule has 0 aliphatic heterocycles. The third kappa shape index (κ3) is 2.49. The molecule has 2 aromatic heterocycles. The van der Waals surface area contributed by atoms with Crippen molar-refractivity contribution < 1.29 is 0 Å². The lowest BCUT2D eigenvalue weighted by atomic mass is 10.0. The number of nitrogens with two attached hydrogens (primary N) is 1. The molecule has 4 heteroatoms. The summed E-state index contributed by atoms with van der Waals surface area (Å²) in [5, 5.41) is 0. The second kappa shape index (κ2) is 5.67. The van der Waals surface area contributed by atoms with Crippen LogP contribution in [0.3, 0.4) is 0 Å². The quantitative estimate of drug-likeness (QED) is 0.900. The molecule has 0 aliphatic carbocycles. The van der Waals surface area contributed by atoms with Gasteiger partial charge in [0, 0.05) is 34.6 Å². The molecule has 2 rings (SSSR count). The smallest absolute Gasteiger partial charge is 0.108 e. The maximum atomic E-state index is 6.33. The van der Waals surface area contributed by atoms with Gasteiger partial charge in [0.25, 0.3) is 0 Å². The highest BCUT2D eigenvalue weighted by atomic mass is 32.1. The van der Waals surface area contributed by atoms with Crippen LogP contribution in [0.25, 0.3) is 0 Å². The van der Waals surface area contributed by atoms with Crippen LogP contribution in [0.5, 0.6) is 0 Å². The van der Waals surface area contributed by atoms with Crippen LogP contribution in [0.15, 0.2) is 24.5 Å². The van der Waals surface area contributed by atoms with E-state index in [-0.39, 0.29) is 12.1 Å². The topological polar surface area (TPSA) is 43.8 Å². The molecule has 0 saturated heterocycles. The van der Waals surface area contributed by atoms with Crippen molar-refractivity contribution >= 4 is 11.3 Å². The summed E-state index contributed by atoms with van der Waals surface area (Å²) in [7, 11) is 0. The van der Waals surface area contributed by atoms with Crippen LogP contribution >= 0.6 is 11.3 Å². The van der Waals surface area contributed by atoms with Crippen molar-refractivity contribution in [2.45, 2.75) is 45.7 Å². The number of rotatable bonds is 5. The predicted molar refractivity (Wildman–Crippen MR) is 77.1 cm³/mol. The van der Waals surface area contributed by atoms with Gasteiger partial charge in [-0.05, 0) is 25.5 Å². The summed E-state index contributed by atoms with van der Waals surface area (Å²) in [4.78, 5) is 7.07. The monoisotopic (exact) mass is 263 g/mol. The van der Waals surface area contributed by atoms with E-state index in [1.54, 1.807) is 0 Å². The lowest BCUT2D eigenvalue weighted by molar-refractivity contribution is 0.453. The minimum Gasteiger partial charge on any atom is -0.326 e. The zero-order chi connectivity index (χ0) is 13.1. The predicted octanol–water partition coefficient (Wildman–Crippen LogP) is 3.14. The Labute approximate surface area is 113 Å². The van der Waals surface area contributed by atoms with Crippen LogP contribution in [0.4, 0.5) is 0 Å². The Bertz CT molecular complexity index is 501. The lowest BCUT2D eigenvalue weighted by Gasteiger charge is -2.25. The summed E-state index contributed by atoms with van der Waals surface area (Å²) >= 11 is 1.83. The largest absolute Gasteiger partial charge is 0.326 e. The molecule has 0 spiro atoms. The van der Waals surface area contributed by atoms with E-state index in [9.17, 15) is 0 Å². The molecule has 0 amide bonds. The maximum absolute atomic E-state index is 6.33. The van der Waals surface area contributed by atoms with Crippen molar-refractivity contribution in [3.8, 4) is 0 Å². The van der Waals surface area contributed by atoms with E-state index in [2.05, 4.69) is 42.5 Å². The van der Waals surface area contributed by atoms with Gasteiger partial charge >= 0.3 is 0 Å². The molecule has 2 unspecified atom stereocenters. The molecule has 2 N–H and O–H groups in total. The van der Waals surface area contributed by atoms with Crippen molar-refractivity contribution in [1.29, 1.82) is 0 Å². The molecule has 0 aliphatic rings. The first-order chi connectivity index (χ1) is 8.67. The minimum absolute atomic E-state index is 0.127. The van der Waals surface area contributed by atoms with Crippen molar-refractivity contribution in [2.75, 3.05) is 0 Å². The fourth-order valence-corrected chi connectivity index (χ4v) is 3.31. The van der Waals surface area contributed by atoms with Gasteiger partial charge < -0.3 is 10.3 Å². The van der Waals surface area contributed by atoms with E-state index in [0.717, 1.165) is 18.7 Å². The van der Waals surface area contributed by atoms with Crippen LogP contribution < -0.4 is 5.73 Å². The van der Waals surface area contributed by atoms with E-state index < -0.39 is 0 Å². The van der Waals surface area contributed by atoms with E-state index in [1.165, 1.54) is 9.75 Å². The average Bonchev–Trinajstić information content (AvgIpc) is 2.99. The molecule has 0 saturated carbocycles. The number of nitrogens with zero attached hydrogens (tertiary/aromatic N) is 2. The average molecular weight is 263 g/mol. The highest BCUT2D eigenvalue weighted by Gasteiger charge is 2.23. The summed E-state index contributed by atoms with van der Waals surface area (Å²) in [6.45, 7) is 6.41. The SMILES string of the molecule is CCc1nccn1C(c1ccc(C)s1)C(N)CC. The second-order valence-corrected chi connectivity index (χ2v) is 5.89. The molecule has 0 aromatic carbocycles. The Hall–Kier alpha value is -1.13. The molecule has 0 radical (unpaired) electrons. The van der Waals surface area contributed by atoms with Gasteiger partial charge in [-0.3, -0.25) is 0 Å². The normalized spacial score (nSPS) is 14.7. The number of hydrogen-bond donors (Lipinski definition) is 1. The second-order valence-electron chi connectivity index (χ2n) is 4.57. The minimum atomic E-state index is 0.127. The fraction of sp³-hybridized carbons (Fsp3) is 0.500. The molecule has 18 heavy (non-hydrogen) atoms.